The summed E-state index contributed by atoms with van der Waals surface area (Å²) in [6.07, 6.45) is 1.28. The molecular weight excluding hydrogens is 392 g/mol. The van der Waals surface area contributed by atoms with Gasteiger partial charge >= 0.3 is 11.9 Å². The van der Waals surface area contributed by atoms with Gasteiger partial charge in [0.15, 0.2) is 5.78 Å². The van der Waals surface area contributed by atoms with Gasteiger partial charge in [-0.25, -0.2) is 14.6 Å². The number of hydrogen-bond donors (Lipinski definition) is 1. The van der Waals surface area contributed by atoms with Crippen LogP contribution in [0.3, 0.4) is 0 Å². The minimum atomic E-state index is -0.731. The molecule has 0 fully saturated rings. The van der Waals surface area contributed by atoms with Crippen molar-refractivity contribution >= 4 is 29.0 Å². The third-order valence-corrected chi connectivity index (χ3v) is 3.79. The molecule has 1 aromatic heterocycles. The largest absolute Gasteiger partial charge is 0.512 e. The van der Waals surface area contributed by atoms with Crippen LogP contribution in [0.1, 0.15) is 40.3 Å². The molecule has 30 heavy (non-hydrogen) atoms. The fourth-order valence-electron chi connectivity index (χ4n) is 2.47. The van der Waals surface area contributed by atoms with E-state index >= 15 is 0 Å². The molecule has 0 saturated heterocycles. The van der Waals surface area contributed by atoms with Crippen molar-refractivity contribution in [2.45, 2.75) is 13.8 Å². The number of nitrogens with zero attached hydrogens (tertiary/aromatic N) is 4. The number of aliphatic hydroxyl groups excluding tert-OH is 1. The third kappa shape index (κ3) is 5.91. The maximum Gasteiger partial charge on any atom is 0.357 e. The topological polar surface area (TPSA) is 152 Å². The van der Waals surface area contributed by atoms with E-state index < -0.39 is 11.9 Å². The summed E-state index contributed by atoms with van der Waals surface area (Å²) in [6, 6.07) is 8.66. The van der Waals surface area contributed by atoms with Crippen LogP contribution in [0.5, 0.6) is 0 Å². The first-order valence-electron chi connectivity index (χ1n) is 8.70. The minimum Gasteiger partial charge on any atom is -0.512 e. The fourth-order valence-corrected chi connectivity index (χ4v) is 2.47. The molecule has 0 radical (unpaired) electrons. The van der Waals surface area contributed by atoms with E-state index in [1.54, 1.807) is 0 Å². The number of aromatic nitrogens is 1. The molecule has 0 aliphatic rings. The fraction of sp³-hybridized carbons (Fsp3) is 0.200. The summed E-state index contributed by atoms with van der Waals surface area (Å²) in [6.45, 7) is 2.35. The van der Waals surface area contributed by atoms with Gasteiger partial charge in [-0.15, -0.1) is 0 Å². The quantitative estimate of drug-likeness (QED) is 0.132. The second-order valence-corrected chi connectivity index (χ2v) is 5.96. The number of allylic oxidation sites excluding steroid dienone is 2. The SMILES string of the molecule is CC(=O)/C(=C(/C)O)c1ccc(C(=O)OCCOC(=O)c2ccc(N=[N+]=[N-])cc2)nc1. The standard InChI is InChI=1S/C20H18N4O6/c1-12(25)18(13(2)26)15-5-8-17(22-11-15)20(28)30-10-9-29-19(27)14-3-6-16(7-4-14)23-24-21/h3-8,11,25H,9-10H2,1-2H3/b18-12+. The number of rotatable bonds is 8. The van der Waals surface area contributed by atoms with Gasteiger partial charge in [-0.2, -0.15) is 0 Å². The molecule has 1 heterocycles. The molecule has 0 spiro atoms. The van der Waals surface area contributed by atoms with Gasteiger partial charge in [0.2, 0.25) is 0 Å². The van der Waals surface area contributed by atoms with E-state index in [4.69, 9.17) is 15.0 Å². The number of aliphatic hydroxyl groups is 1. The van der Waals surface area contributed by atoms with Crippen molar-refractivity contribution in [3.05, 3.63) is 75.6 Å². The van der Waals surface area contributed by atoms with Crippen molar-refractivity contribution in [3.8, 4) is 0 Å². The molecule has 0 atom stereocenters. The second kappa shape index (κ2) is 10.4. The van der Waals surface area contributed by atoms with Gasteiger partial charge in [-0.3, -0.25) is 4.79 Å². The van der Waals surface area contributed by atoms with Crippen molar-refractivity contribution in [2.24, 2.45) is 5.11 Å². The summed E-state index contributed by atoms with van der Waals surface area (Å²) in [5.41, 5.74) is 9.45. The zero-order chi connectivity index (χ0) is 22.1. The summed E-state index contributed by atoms with van der Waals surface area (Å²) < 4.78 is 10.0. The van der Waals surface area contributed by atoms with Gasteiger partial charge in [0, 0.05) is 22.4 Å². The van der Waals surface area contributed by atoms with Gasteiger partial charge < -0.3 is 14.6 Å². The Morgan fingerprint density at radius 3 is 2.10 bits per heavy atom. The second-order valence-electron chi connectivity index (χ2n) is 5.96. The molecule has 0 unspecified atom stereocenters. The van der Waals surface area contributed by atoms with Crippen LogP contribution in [0, 0.1) is 0 Å². The van der Waals surface area contributed by atoms with Gasteiger partial charge in [0.1, 0.15) is 24.7 Å². The first kappa shape index (κ1) is 22.1. The van der Waals surface area contributed by atoms with Gasteiger partial charge in [-0.05, 0) is 37.6 Å². The van der Waals surface area contributed by atoms with Gasteiger partial charge in [0.25, 0.3) is 0 Å². The van der Waals surface area contributed by atoms with Crippen molar-refractivity contribution in [1.29, 1.82) is 0 Å². The van der Waals surface area contributed by atoms with Crippen LogP contribution >= 0.6 is 0 Å². The van der Waals surface area contributed by atoms with Crippen molar-refractivity contribution < 1.29 is 29.0 Å². The number of hydrogen-bond acceptors (Lipinski definition) is 8. The van der Waals surface area contributed by atoms with E-state index in [1.165, 1.54) is 56.4 Å². The lowest BCUT2D eigenvalue weighted by molar-refractivity contribution is -0.111. The zero-order valence-electron chi connectivity index (χ0n) is 16.2. The lowest BCUT2D eigenvalue weighted by atomic mass is 10.0. The Morgan fingerprint density at radius 2 is 1.60 bits per heavy atom. The Hall–Kier alpha value is -4.17. The molecule has 10 nitrogen and oxygen atoms in total. The van der Waals surface area contributed by atoms with E-state index in [2.05, 4.69) is 15.0 Å². The molecule has 0 aliphatic heterocycles. The van der Waals surface area contributed by atoms with Crippen LogP contribution in [-0.4, -0.2) is 41.0 Å². The van der Waals surface area contributed by atoms with Crippen LogP contribution in [0.4, 0.5) is 5.69 Å². The first-order chi connectivity index (χ1) is 14.3. The molecule has 1 N–H and O–H groups in total. The number of pyridine rings is 1. The number of carbonyl (C=O) groups excluding carboxylic acids is 3. The van der Waals surface area contributed by atoms with Gasteiger partial charge in [-0.1, -0.05) is 23.3 Å². The van der Waals surface area contributed by atoms with Crippen LogP contribution < -0.4 is 0 Å². The highest BCUT2D eigenvalue weighted by Crippen LogP contribution is 2.18. The molecule has 2 rings (SSSR count). The van der Waals surface area contributed by atoms with E-state index in [0.29, 0.717) is 11.3 Å². The number of ketones is 1. The number of benzene rings is 1. The Kier molecular flexibility index (Phi) is 7.67. The first-order valence-corrected chi connectivity index (χ1v) is 8.70. The van der Waals surface area contributed by atoms with E-state index in [-0.39, 0.29) is 41.6 Å². The lowest BCUT2D eigenvalue weighted by Gasteiger charge is -2.08. The summed E-state index contributed by atoms with van der Waals surface area (Å²) in [5.74, 6) is -1.83. The van der Waals surface area contributed by atoms with Crippen molar-refractivity contribution in [3.63, 3.8) is 0 Å². The maximum absolute atomic E-state index is 12.0. The summed E-state index contributed by atoms with van der Waals surface area (Å²) >= 11 is 0. The minimum absolute atomic E-state index is 0.00259. The molecule has 1 aromatic carbocycles. The highest BCUT2D eigenvalue weighted by molar-refractivity contribution is 6.20. The molecule has 0 saturated carbocycles. The maximum atomic E-state index is 12.0. The normalized spacial score (nSPS) is 11.0. The number of ether oxygens (including phenoxy) is 2. The predicted octanol–water partition coefficient (Wildman–Crippen LogP) is 3.92. The Labute approximate surface area is 171 Å². The average Bonchev–Trinajstić information content (AvgIpc) is 2.71. The number of Topliss-reactive ketones (excluding diaryl/α,β-unsaturated/α-hetero) is 1. The van der Waals surface area contributed by atoms with E-state index in [1.807, 2.05) is 0 Å². The Balaban J connectivity index is 1.86. The number of azide groups is 1. The zero-order valence-corrected chi connectivity index (χ0v) is 16.2. The van der Waals surface area contributed by atoms with Crippen molar-refractivity contribution in [2.75, 3.05) is 13.2 Å². The molecule has 10 heteroatoms. The van der Waals surface area contributed by atoms with Crippen LogP contribution in [0.2, 0.25) is 0 Å². The Bertz CT molecular complexity index is 1020. The molecule has 0 amide bonds. The molecule has 154 valence electrons. The number of carbonyl (C=O) groups is 3. The van der Waals surface area contributed by atoms with Crippen LogP contribution in [0.25, 0.3) is 16.0 Å². The Morgan fingerprint density at radius 1 is 1.00 bits per heavy atom. The monoisotopic (exact) mass is 410 g/mol. The highest BCUT2D eigenvalue weighted by atomic mass is 16.6. The van der Waals surface area contributed by atoms with Gasteiger partial charge in [0.05, 0.1) is 11.1 Å². The van der Waals surface area contributed by atoms with Crippen molar-refractivity contribution in [1.82, 2.24) is 4.98 Å². The predicted molar refractivity (Wildman–Crippen MR) is 106 cm³/mol. The summed E-state index contributed by atoms with van der Waals surface area (Å²) in [4.78, 5) is 42.1. The van der Waals surface area contributed by atoms with E-state index in [9.17, 15) is 19.5 Å². The molecular formula is C20H18N4O6. The third-order valence-electron chi connectivity index (χ3n) is 3.79. The smallest absolute Gasteiger partial charge is 0.357 e. The van der Waals surface area contributed by atoms with Crippen LogP contribution in [-0.2, 0) is 14.3 Å². The average molecular weight is 410 g/mol. The van der Waals surface area contributed by atoms with Crippen LogP contribution in [0.15, 0.2) is 53.5 Å². The molecule has 0 bridgehead atoms. The lowest BCUT2D eigenvalue weighted by Crippen LogP contribution is -2.15. The number of esters is 2. The van der Waals surface area contributed by atoms with E-state index in [0.717, 1.165) is 0 Å². The molecule has 2 aromatic rings. The summed E-state index contributed by atoms with van der Waals surface area (Å²) in [7, 11) is 0. The summed E-state index contributed by atoms with van der Waals surface area (Å²) in [5, 5.41) is 13.0. The highest BCUT2D eigenvalue weighted by Gasteiger charge is 2.14. The molecule has 0 aliphatic carbocycles.